The van der Waals surface area contributed by atoms with Gasteiger partial charge in [0.15, 0.2) is 16.6 Å². The van der Waals surface area contributed by atoms with Gasteiger partial charge in [-0.2, -0.15) is 13.8 Å². The van der Waals surface area contributed by atoms with Crippen molar-refractivity contribution in [2.75, 3.05) is 0 Å². The van der Waals surface area contributed by atoms with E-state index in [2.05, 4.69) is 15.0 Å². The van der Waals surface area contributed by atoms with Gasteiger partial charge in [0, 0.05) is 14.0 Å². The third-order valence-electron chi connectivity index (χ3n) is 2.05. The summed E-state index contributed by atoms with van der Waals surface area (Å²) in [5.41, 5.74) is 0.298. The van der Waals surface area contributed by atoms with Gasteiger partial charge in [0.05, 0.1) is 0 Å². The second kappa shape index (κ2) is 3.49. The Morgan fingerprint density at radius 1 is 1.19 bits per heavy atom. The van der Waals surface area contributed by atoms with Crippen molar-refractivity contribution < 1.29 is 8.78 Å². The Morgan fingerprint density at radius 2 is 1.81 bits per heavy atom. The number of hydrogen-bond donors (Lipinski definition) is 0. The summed E-state index contributed by atoms with van der Waals surface area (Å²) >= 11 is 11.3. The minimum atomic E-state index is -3.08. The summed E-state index contributed by atoms with van der Waals surface area (Å²) < 4.78 is 27.5. The standard InChI is InChI=1S/C8H6Cl2F2N4/c1-8(11,12)6-14-5-3(16(6)2)4(9)13-7(10)15-5/h1-2H3. The maximum absolute atomic E-state index is 13.2. The minimum Gasteiger partial charge on any atom is -0.322 e. The second-order valence-electron chi connectivity index (χ2n) is 3.34. The Morgan fingerprint density at radius 3 is 2.38 bits per heavy atom. The first-order valence-corrected chi connectivity index (χ1v) is 5.00. The Hall–Kier alpha value is -1.01. The molecule has 0 aliphatic rings. The summed E-state index contributed by atoms with van der Waals surface area (Å²) in [6, 6.07) is 0. The predicted octanol–water partition coefficient (Wildman–Crippen LogP) is 2.78. The molecule has 0 fully saturated rings. The van der Waals surface area contributed by atoms with Crippen LogP contribution in [0.3, 0.4) is 0 Å². The smallest absolute Gasteiger partial charge is 0.302 e. The molecule has 86 valence electrons. The number of nitrogens with zero attached hydrogens (tertiary/aromatic N) is 4. The summed E-state index contributed by atoms with van der Waals surface area (Å²) in [6.45, 7) is 0.747. The van der Waals surface area contributed by atoms with Crippen LogP contribution in [0.1, 0.15) is 12.7 Å². The summed E-state index contributed by atoms with van der Waals surface area (Å²) in [6.07, 6.45) is 0. The fourth-order valence-corrected chi connectivity index (χ4v) is 1.93. The van der Waals surface area contributed by atoms with Gasteiger partial charge in [0.1, 0.15) is 5.52 Å². The van der Waals surface area contributed by atoms with Gasteiger partial charge in [-0.15, -0.1) is 0 Å². The van der Waals surface area contributed by atoms with Crippen molar-refractivity contribution in [1.29, 1.82) is 0 Å². The van der Waals surface area contributed by atoms with Gasteiger partial charge in [0.25, 0.3) is 0 Å². The zero-order valence-corrected chi connectivity index (χ0v) is 9.81. The average Bonchev–Trinajstić information content (AvgIpc) is 2.41. The van der Waals surface area contributed by atoms with Crippen molar-refractivity contribution in [3.8, 4) is 0 Å². The fraction of sp³-hybridized carbons (Fsp3) is 0.375. The van der Waals surface area contributed by atoms with Crippen LogP contribution < -0.4 is 0 Å². The van der Waals surface area contributed by atoms with Crippen LogP contribution in [0, 0.1) is 0 Å². The van der Waals surface area contributed by atoms with E-state index in [1.54, 1.807) is 0 Å². The highest BCUT2D eigenvalue weighted by Gasteiger charge is 2.32. The maximum Gasteiger partial charge on any atom is 0.302 e. The van der Waals surface area contributed by atoms with E-state index in [1.165, 1.54) is 7.05 Å². The van der Waals surface area contributed by atoms with Gasteiger partial charge in [-0.25, -0.2) is 9.97 Å². The molecule has 0 radical (unpaired) electrons. The predicted molar refractivity (Wildman–Crippen MR) is 55.9 cm³/mol. The largest absolute Gasteiger partial charge is 0.322 e. The van der Waals surface area contributed by atoms with Gasteiger partial charge >= 0.3 is 5.92 Å². The fourth-order valence-electron chi connectivity index (χ4n) is 1.43. The molecule has 2 aromatic rings. The SMILES string of the molecule is Cn1c(C(C)(F)F)nc2nc(Cl)nc(Cl)c21. The first-order chi connectivity index (χ1) is 7.30. The second-order valence-corrected chi connectivity index (χ2v) is 4.03. The van der Waals surface area contributed by atoms with Crippen LogP contribution in [0.4, 0.5) is 8.78 Å². The van der Waals surface area contributed by atoms with Crippen molar-refractivity contribution in [2.24, 2.45) is 7.05 Å². The number of aromatic nitrogens is 4. The zero-order chi connectivity index (χ0) is 12.1. The lowest BCUT2D eigenvalue weighted by Crippen LogP contribution is -2.14. The maximum atomic E-state index is 13.2. The zero-order valence-electron chi connectivity index (χ0n) is 8.30. The summed E-state index contributed by atoms with van der Waals surface area (Å²) in [5, 5.41) is -0.123. The molecule has 0 aliphatic heterocycles. The average molecular weight is 267 g/mol. The van der Waals surface area contributed by atoms with Gasteiger partial charge in [-0.1, -0.05) is 11.6 Å². The highest BCUT2D eigenvalue weighted by Crippen LogP contribution is 2.30. The first-order valence-electron chi connectivity index (χ1n) is 4.24. The molecule has 0 aliphatic carbocycles. The van der Waals surface area contributed by atoms with Gasteiger partial charge in [0.2, 0.25) is 5.28 Å². The molecule has 8 heteroatoms. The third kappa shape index (κ3) is 1.72. The summed E-state index contributed by atoms with van der Waals surface area (Å²) in [4.78, 5) is 11.1. The Labute approximate surface area is 99.2 Å². The Balaban J connectivity index is 2.83. The van der Waals surface area contributed by atoms with Crippen LogP contribution in [0.25, 0.3) is 11.2 Å². The lowest BCUT2D eigenvalue weighted by atomic mass is 10.4. The molecule has 2 rings (SSSR count). The quantitative estimate of drug-likeness (QED) is 0.589. The van der Waals surface area contributed by atoms with E-state index >= 15 is 0 Å². The van der Waals surface area contributed by atoms with Crippen LogP contribution in [-0.4, -0.2) is 19.5 Å². The van der Waals surface area contributed by atoms with Crippen molar-refractivity contribution in [3.63, 3.8) is 0 Å². The monoisotopic (exact) mass is 266 g/mol. The van der Waals surface area contributed by atoms with E-state index in [0.717, 1.165) is 11.5 Å². The molecule has 0 spiro atoms. The number of alkyl halides is 2. The molecular weight excluding hydrogens is 261 g/mol. The van der Waals surface area contributed by atoms with Gasteiger partial charge < -0.3 is 4.57 Å². The molecule has 0 saturated carbocycles. The number of rotatable bonds is 1. The van der Waals surface area contributed by atoms with Gasteiger partial charge in [-0.3, -0.25) is 0 Å². The van der Waals surface area contributed by atoms with E-state index < -0.39 is 11.7 Å². The first kappa shape index (κ1) is 11.5. The van der Waals surface area contributed by atoms with E-state index in [1.807, 2.05) is 0 Å². The molecule has 0 aromatic carbocycles. The molecule has 0 atom stereocenters. The Bertz CT molecular complexity index is 561. The molecule has 4 nitrogen and oxygen atoms in total. The van der Waals surface area contributed by atoms with Crippen molar-refractivity contribution in [1.82, 2.24) is 19.5 Å². The highest BCUT2D eigenvalue weighted by molar-refractivity contribution is 6.35. The van der Waals surface area contributed by atoms with Crippen LogP contribution in [0.15, 0.2) is 0 Å². The molecule has 16 heavy (non-hydrogen) atoms. The third-order valence-corrected chi connectivity index (χ3v) is 2.49. The summed E-state index contributed by atoms with van der Waals surface area (Å²) in [7, 11) is 1.42. The molecule has 0 amide bonds. The van der Waals surface area contributed by atoms with Crippen molar-refractivity contribution in [2.45, 2.75) is 12.8 Å². The van der Waals surface area contributed by atoms with E-state index in [4.69, 9.17) is 23.2 Å². The van der Waals surface area contributed by atoms with E-state index in [-0.39, 0.29) is 21.6 Å². The molecule has 0 saturated heterocycles. The molecule has 0 N–H and O–H groups in total. The Kier molecular flexibility index (Phi) is 2.51. The lowest BCUT2D eigenvalue weighted by molar-refractivity contribution is 0.00546. The van der Waals surface area contributed by atoms with Crippen molar-refractivity contribution in [3.05, 3.63) is 16.3 Å². The summed E-state index contributed by atoms with van der Waals surface area (Å²) in [5.74, 6) is -3.51. The number of hydrogen-bond acceptors (Lipinski definition) is 3. The van der Waals surface area contributed by atoms with E-state index in [9.17, 15) is 8.78 Å². The molecular formula is C8H6Cl2F2N4. The van der Waals surface area contributed by atoms with Crippen LogP contribution in [0.2, 0.25) is 10.4 Å². The lowest BCUT2D eigenvalue weighted by Gasteiger charge is -2.09. The number of fused-ring (bicyclic) bond motifs is 1. The molecule has 2 aromatic heterocycles. The van der Waals surface area contributed by atoms with Crippen molar-refractivity contribution >= 4 is 34.4 Å². The van der Waals surface area contributed by atoms with Crippen LogP contribution in [-0.2, 0) is 13.0 Å². The van der Waals surface area contributed by atoms with Crippen LogP contribution in [0.5, 0.6) is 0 Å². The number of imidazole rings is 1. The minimum absolute atomic E-state index is 0.000463. The topological polar surface area (TPSA) is 43.6 Å². The highest BCUT2D eigenvalue weighted by atomic mass is 35.5. The normalized spacial score (nSPS) is 12.4. The van der Waals surface area contributed by atoms with Gasteiger partial charge in [-0.05, 0) is 11.6 Å². The molecule has 0 unspecified atom stereocenters. The number of aryl methyl sites for hydroxylation is 1. The molecule has 0 bridgehead atoms. The molecule has 2 heterocycles. The van der Waals surface area contributed by atoms with E-state index in [0.29, 0.717) is 0 Å². The van der Waals surface area contributed by atoms with Crippen LogP contribution >= 0.6 is 23.2 Å². The number of halogens is 4.